The fraction of sp³-hybridized carbons (Fsp3) is 0.211. The highest BCUT2D eigenvalue weighted by atomic mass is 16.6. The number of anilines is 1. The summed E-state index contributed by atoms with van der Waals surface area (Å²) >= 11 is 0. The molecule has 0 atom stereocenters. The van der Waals surface area contributed by atoms with Crippen molar-refractivity contribution in [1.29, 1.82) is 0 Å². The largest absolute Gasteiger partial charge is 0.495 e. The van der Waals surface area contributed by atoms with Crippen molar-refractivity contribution in [1.82, 2.24) is 4.90 Å². The molecule has 3 rings (SSSR count). The number of non-ortho nitro benzene ring substituents is 1. The Morgan fingerprint density at radius 3 is 2.29 bits per heavy atom. The average Bonchev–Trinajstić information content (AvgIpc) is 3.35. The van der Waals surface area contributed by atoms with Gasteiger partial charge in [0.15, 0.2) is 0 Å². The quantitative estimate of drug-likeness (QED) is 0.444. The van der Waals surface area contributed by atoms with E-state index < -0.39 is 4.92 Å². The smallest absolute Gasteiger partial charge is 0.271 e. The summed E-state index contributed by atoms with van der Waals surface area (Å²) in [6, 6.07) is 11.2. The van der Waals surface area contributed by atoms with Gasteiger partial charge in [-0.05, 0) is 30.3 Å². The molecular weight excluding hydrogens is 366 g/mol. The zero-order valence-electron chi connectivity index (χ0n) is 15.2. The van der Waals surface area contributed by atoms with Crippen molar-refractivity contribution in [2.75, 3.05) is 19.0 Å². The summed E-state index contributed by atoms with van der Waals surface area (Å²) in [5.74, 6) is 1.39. The van der Waals surface area contributed by atoms with E-state index in [1.54, 1.807) is 24.7 Å². The molecule has 3 aromatic rings. The Kier molecular flexibility index (Phi) is 6.07. The Labute approximate surface area is 160 Å². The van der Waals surface area contributed by atoms with E-state index >= 15 is 0 Å². The number of carbonyl (C=O) groups excluding carboxylic acids is 1. The molecule has 0 saturated heterocycles. The Morgan fingerprint density at radius 2 is 1.79 bits per heavy atom. The van der Waals surface area contributed by atoms with Crippen molar-refractivity contribution in [3.8, 4) is 5.75 Å². The van der Waals surface area contributed by atoms with E-state index in [0.717, 1.165) is 0 Å². The third-order valence-electron chi connectivity index (χ3n) is 3.95. The molecule has 0 spiro atoms. The third kappa shape index (κ3) is 4.98. The van der Waals surface area contributed by atoms with Gasteiger partial charge in [-0.1, -0.05) is 0 Å². The van der Waals surface area contributed by atoms with Crippen LogP contribution in [0.3, 0.4) is 0 Å². The maximum atomic E-state index is 12.6. The Morgan fingerprint density at radius 1 is 1.14 bits per heavy atom. The first-order chi connectivity index (χ1) is 13.5. The SMILES string of the molecule is COc1ccc([N+](=O)[O-])cc1NC(=O)CN(Cc1ccco1)Cc1ccco1. The van der Waals surface area contributed by atoms with Gasteiger partial charge in [0.2, 0.25) is 5.91 Å². The summed E-state index contributed by atoms with van der Waals surface area (Å²) in [7, 11) is 1.43. The normalized spacial score (nSPS) is 10.8. The minimum atomic E-state index is -0.533. The van der Waals surface area contributed by atoms with E-state index in [2.05, 4.69) is 5.32 Å². The summed E-state index contributed by atoms with van der Waals surface area (Å²) in [6.45, 7) is 0.813. The number of methoxy groups -OCH3 is 1. The topological polar surface area (TPSA) is 111 Å². The molecule has 0 radical (unpaired) electrons. The van der Waals surface area contributed by atoms with Crippen LogP contribution >= 0.6 is 0 Å². The molecule has 2 heterocycles. The Balaban J connectivity index is 1.72. The highest BCUT2D eigenvalue weighted by Gasteiger charge is 2.18. The van der Waals surface area contributed by atoms with Crippen molar-refractivity contribution >= 4 is 17.3 Å². The first kappa shape index (κ1) is 19.2. The standard InChI is InChI=1S/C19H19N3O6/c1-26-18-7-6-14(22(24)25)10-17(18)20-19(23)13-21(11-15-4-2-8-27-15)12-16-5-3-9-28-16/h2-10H,11-13H2,1H3,(H,20,23). The van der Waals surface area contributed by atoms with Crippen LogP contribution in [0.5, 0.6) is 5.75 Å². The van der Waals surface area contributed by atoms with Crippen molar-refractivity contribution in [3.63, 3.8) is 0 Å². The van der Waals surface area contributed by atoms with Gasteiger partial charge in [-0.25, -0.2) is 0 Å². The number of carbonyl (C=O) groups is 1. The van der Waals surface area contributed by atoms with Crippen molar-refractivity contribution in [2.45, 2.75) is 13.1 Å². The molecular formula is C19H19N3O6. The maximum Gasteiger partial charge on any atom is 0.271 e. The lowest BCUT2D eigenvalue weighted by Gasteiger charge is -2.20. The summed E-state index contributed by atoms with van der Waals surface area (Å²) < 4.78 is 15.9. The maximum absolute atomic E-state index is 12.6. The number of nitro groups is 1. The van der Waals surface area contributed by atoms with E-state index in [9.17, 15) is 14.9 Å². The first-order valence-electron chi connectivity index (χ1n) is 8.44. The van der Waals surface area contributed by atoms with Crippen molar-refractivity contribution in [2.24, 2.45) is 0 Å². The highest BCUT2D eigenvalue weighted by Crippen LogP contribution is 2.28. The molecule has 1 amide bonds. The van der Waals surface area contributed by atoms with Crippen LogP contribution in [-0.4, -0.2) is 29.4 Å². The van der Waals surface area contributed by atoms with Gasteiger partial charge in [0.25, 0.3) is 5.69 Å². The van der Waals surface area contributed by atoms with Crippen LogP contribution in [0.2, 0.25) is 0 Å². The molecule has 0 aliphatic carbocycles. The average molecular weight is 385 g/mol. The lowest BCUT2D eigenvalue weighted by Crippen LogP contribution is -2.32. The number of nitro benzene ring substituents is 1. The van der Waals surface area contributed by atoms with Gasteiger partial charge in [0.1, 0.15) is 17.3 Å². The molecule has 1 aromatic carbocycles. The van der Waals surface area contributed by atoms with Crippen LogP contribution in [0.25, 0.3) is 0 Å². The van der Waals surface area contributed by atoms with Crippen molar-refractivity contribution < 1.29 is 23.3 Å². The summed E-state index contributed by atoms with van der Waals surface area (Å²) in [5, 5.41) is 13.7. The molecule has 146 valence electrons. The molecule has 0 saturated carbocycles. The third-order valence-corrected chi connectivity index (χ3v) is 3.95. The van der Waals surface area contributed by atoms with E-state index in [4.69, 9.17) is 13.6 Å². The number of amides is 1. The van der Waals surface area contributed by atoms with E-state index in [1.807, 2.05) is 17.0 Å². The fourth-order valence-electron chi connectivity index (χ4n) is 2.71. The van der Waals surface area contributed by atoms with Crippen molar-refractivity contribution in [3.05, 3.63) is 76.6 Å². The molecule has 0 aliphatic heterocycles. The highest BCUT2D eigenvalue weighted by molar-refractivity contribution is 5.94. The van der Waals surface area contributed by atoms with E-state index in [0.29, 0.717) is 30.4 Å². The van der Waals surface area contributed by atoms with Crippen LogP contribution in [0.4, 0.5) is 11.4 Å². The molecule has 9 nitrogen and oxygen atoms in total. The molecule has 28 heavy (non-hydrogen) atoms. The monoisotopic (exact) mass is 385 g/mol. The molecule has 0 bridgehead atoms. The van der Waals surface area contributed by atoms with Gasteiger partial charge >= 0.3 is 0 Å². The second-order valence-corrected chi connectivity index (χ2v) is 5.99. The summed E-state index contributed by atoms with van der Waals surface area (Å²) in [4.78, 5) is 24.9. The lowest BCUT2D eigenvalue weighted by molar-refractivity contribution is -0.384. The number of ether oxygens (including phenoxy) is 1. The molecule has 2 aromatic heterocycles. The summed E-state index contributed by atoms with van der Waals surface area (Å²) in [6.07, 6.45) is 3.13. The van der Waals surface area contributed by atoms with Crippen LogP contribution in [0.15, 0.2) is 63.8 Å². The van der Waals surface area contributed by atoms with Crippen LogP contribution in [0.1, 0.15) is 11.5 Å². The van der Waals surface area contributed by atoms with Gasteiger partial charge in [-0.15, -0.1) is 0 Å². The minimum absolute atomic E-state index is 0.0211. The van der Waals surface area contributed by atoms with Crippen LogP contribution < -0.4 is 10.1 Å². The van der Waals surface area contributed by atoms with E-state index in [1.165, 1.54) is 25.3 Å². The zero-order valence-corrected chi connectivity index (χ0v) is 15.2. The van der Waals surface area contributed by atoms with Gasteiger partial charge < -0.3 is 18.9 Å². The number of rotatable bonds is 9. The number of hydrogen-bond donors (Lipinski definition) is 1. The van der Waals surface area contributed by atoms with Gasteiger partial charge in [-0.3, -0.25) is 19.8 Å². The van der Waals surface area contributed by atoms with Crippen LogP contribution in [0, 0.1) is 10.1 Å². The Bertz CT molecular complexity index is 885. The predicted octanol–water partition coefficient (Wildman–Crippen LogP) is 3.43. The number of hydrogen-bond acceptors (Lipinski definition) is 7. The second kappa shape index (κ2) is 8.87. The van der Waals surface area contributed by atoms with Gasteiger partial charge in [0, 0.05) is 12.1 Å². The number of nitrogens with one attached hydrogen (secondary N) is 1. The minimum Gasteiger partial charge on any atom is -0.495 e. The summed E-state index contributed by atoms with van der Waals surface area (Å²) in [5.41, 5.74) is 0.0942. The van der Waals surface area contributed by atoms with Gasteiger partial charge in [0.05, 0.1) is 49.9 Å². The Hall–Kier alpha value is -3.59. The lowest BCUT2D eigenvalue weighted by atomic mass is 10.2. The molecule has 0 aliphatic rings. The first-order valence-corrected chi connectivity index (χ1v) is 8.44. The molecule has 1 N–H and O–H groups in total. The predicted molar refractivity (Wildman–Crippen MR) is 99.8 cm³/mol. The molecule has 0 fully saturated rings. The fourth-order valence-corrected chi connectivity index (χ4v) is 2.71. The van der Waals surface area contributed by atoms with E-state index in [-0.39, 0.29) is 23.8 Å². The van der Waals surface area contributed by atoms with Crippen LogP contribution in [-0.2, 0) is 17.9 Å². The number of furan rings is 2. The zero-order chi connectivity index (χ0) is 19.9. The second-order valence-electron chi connectivity index (χ2n) is 5.99. The van der Waals surface area contributed by atoms with Gasteiger partial charge in [-0.2, -0.15) is 0 Å². The number of nitrogens with zero attached hydrogens (tertiary/aromatic N) is 2. The molecule has 0 unspecified atom stereocenters. The number of benzene rings is 1. The molecule has 9 heteroatoms.